The number of hydrogen-bond donors (Lipinski definition) is 2. The van der Waals surface area contributed by atoms with E-state index in [4.69, 9.17) is 5.11 Å². The monoisotopic (exact) mass is 332 g/mol. The molecule has 132 valence electrons. The van der Waals surface area contributed by atoms with Crippen molar-refractivity contribution in [3.8, 4) is 0 Å². The number of carboxylic acids is 1. The molecule has 5 heteroatoms. The standard InChI is InChI=1S/C19H28N2O3/c1-12-10-17(13(2)21(12)16-6-4-3-5-7-16)18(22)20-15-9-8-14(11-15)19(23)24/h10,14-16H,3-9,11H2,1-2H3,(H,20,22)(H,23,24)/t14-,15+/m1/s1. The number of aliphatic carboxylic acids is 1. The number of nitrogens with one attached hydrogen (secondary N) is 1. The summed E-state index contributed by atoms with van der Waals surface area (Å²) >= 11 is 0. The highest BCUT2D eigenvalue weighted by Crippen LogP contribution is 2.32. The van der Waals surface area contributed by atoms with Crippen LogP contribution in [-0.4, -0.2) is 27.6 Å². The Bertz CT molecular complexity index is 629. The lowest BCUT2D eigenvalue weighted by molar-refractivity contribution is -0.141. The third-order valence-electron chi connectivity index (χ3n) is 5.79. The van der Waals surface area contributed by atoms with Crippen molar-refractivity contribution in [1.29, 1.82) is 0 Å². The molecule has 0 aromatic carbocycles. The van der Waals surface area contributed by atoms with Gasteiger partial charge < -0.3 is 15.0 Å². The van der Waals surface area contributed by atoms with Crippen molar-refractivity contribution >= 4 is 11.9 Å². The Kier molecular flexibility index (Phi) is 4.97. The number of carbonyl (C=O) groups is 2. The zero-order valence-corrected chi connectivity index (χ0v) is 14.7. The maximum atomic E-state index is 12.7. The zero-order chi connectivity index (χ0) is 17.3. The van der Waals surface area contributed by atoms with E-state index in [0.29, 0.717) is 18.9 Å². The smallest absolute Gasteiger partial charge is 0.306 e. The van der Waals surface area contributed by atoms with Crippen LogP contribution in [0.3, 0.4) is 0 Å². The molecule has 2 fully saturated rings. The van der Waals surface area contributed by atoms with E-state index in [-0.39, 0.29) is 17.9 Å². The zero-order valence-electron chi connectivity index (χ0n) is 14.7. The molecule has 0 bridgehead atoms. The van der Waals surface area contributed by atoms with Crippen LogP contribution in [0.5, 0.6) is 0 Å². The van der Waals surface area contributed by atoms with Gasteiger partial charge in [-0.25, -0.2) is 0 Å². The molecule has 2 N–H and O–H groups in total. The number of amides is 1. The largest absolute Gasteiger partial charge is 0.481 e. The summed E-state index contributed by atoms with van der Waals surface area (Å²) < 4.78 is 2.34. The summed E-state index contributed by atoms with van der Waals surface area (Å²) in [5, 5.41) is 12.1. The average molecular weight is 332 g/mol. The SMILES string of the molecule is Cc1cc(C(=O)N[C@H]2CC[C@@H](C(=O)O)C2)c(C)n1C1CCCCC1. The van der Waals surface area contributed by atoms with E-state index in [1.807, 2.05) is 13.0 Å². The van der Waals surface area contributed by atoms with Crippen LogP contribution in [0.25, 0.3) is 0 Å². The lowest BCUT2D eigenvalue weighted by atomic mass is 9.95. The second kappa shape index (κ2) is 6.99. The Morgan fingerprint density at radius 2 is 1.83 bits per heavy atom. The Morgan fingerprint density at radius 3 is 2.46 bits per heavy atom. The minimum Gasteiger partial charge on any atom is -0.481 e. The lowest BCUT2D eigenvalue weighted by Gasteiger charge is -2.26. The quantitative estimate of drug-likeness (QED) is 0.885. The molecule has 5 nitrogen and oxygen atoms in total. The highest BCUT2D eigenvalue weighted by atomic mass is 16.4. The van der Waals surface area contributed by atoms with Crippen molar-refractivity contribution in [2.75, 3.05) is 0 Å². The molecule has 3 rings (SSSR count). The summed E-state index contributed by atoms with van der Waals surface area (Å²) in [4.78, 5) is 23.7. The van der Waals surface area contributed by atoms with Crippen LogP contribution >= 0.6 is 0 Å². The van der Waals surface area contributed by atoms with Crippen molar-refractivity contribution in [2.24, 2.45) is 5.92 Å². The molecule has 1 amide bonds. The second-order valence-corrected chi connectivity index (χ2v) is 7.47. The third-order valence-corrected chi connectivity index (χ3v) is 5.79. The molecule has 2 saturated carbocycles. The molecule has 0 aliphatic heterocycles. The molecule has 1 heterocycles. The van der Waals surface area contributed by atoms with Gasteiger partial charge in [0.25, 0.3) is 5.91 Å². The fourth-order valence-electron chi connectivity index (χ4n) is 4.51. The first-order valence-electron chi connectivity index (χ1n) is 9.19. The summed E-state index contributed by atoms with van der Waals surface area (Å²) in [6, 6.07) is 2.49. The van der Waals surface area contributed by atoms with E-state index in [1.54, 1.807) is 0 Å². The number of carboxylic acid groups (broad SMARTS) is 1. The van der Waals surface area contributed by atoms with Gasteiger partial charge in [-0.1, -0.05) is 19.3 Å². The van der Waals surface area contributed by atoms with E-state index in [1.165, 1.54) is 32.1 Å². The van der Waals surface area contributed by atoms with Gasteiger partial charge in [-0.3, -0.25) is 9.59 Å². The van der Waals surface area contributed by atoms with Crippen LogP contribution in [0.15, 0.2) is 6.07 Å². The van der Waals surface area contributed by atoms with Crippen LogP contribution < -0.4 is 5.32 Å². The number of nitrogens with zero attached hydrogens (tertiary/aromatic N) is 1. The van der Waals surface area contributed by atoms with Crippen LogP contribution in [0, 0.1) is 19.8 Å². The van der Waals surface area contributed by atoms with Gasteiger partial charge in [0.1, 0.15) is 0 Å². The van der Waals surface area contributed by atoms with E-state index in [2.05, 4.69) is 16.8 Å². The molecule has 0 spiro atoms. The van der Waals surface area contributed by atoms with Gasteiger partial charge in [-0.05, 0) is 52.0 Å². The predicted octanol–water partition coefficient (Wildman–Crippen LogP) is 3.59. The van der Waals surface area contributed by atoms with Crippen molar-refractivity contribution in [2.45, 2.75) is 77.3 Å². The summed E-state index contributed by atoms with van der Waals surface area (Å²) in [6.07, 6.45) is 8.19. The Labute approximate surface area is 143 Å². The topological polar surface area (TPSA) is 71.3 Å². The van der Waals surface area contributed by atoms with Gasteiger partial charge in [0.05, 0.1) is 11.5 Å². The molecule has 1 aromatic heterocycles. The average Bonchev–Trinajstić information content (AvgIpc) is 3.13. The molecule has 0 unspecified atom stereocenters. The number of hydrogen-bond acceptors (Lipinski definition) is 2. The molecule has 2 aliphatic rings. The minimum absolute atomic E-state index is 0.0173. The van der Waals surface area contributed by atoms with Gasteiger partial charge in [0.2, 0.25) is 0 Å². The minimum atomic E-state index is -0.748. The summed E-state index contributed by atoms with van der Waals surface area (Å²) in [5.74, 6) is -1.12. The van der Waals surface area contributed by atoms with Crippen LogP contribution in [0.4, 0.5) is 0 Å². The van der Waals surface area contributed by atoms with Gasteiger partial charge >= 0.3 is 5.97 Å². The molecular formula is C19H28N2O3. The maximum absolute atomic E-state index is 12.7. The Hall–Kier alpha value is -1.78. The number of rotatable bonds is 4. The van der Waals surface area contributed by atoms with E-state index in [9.17, 15) is 9.59 Å². The van der Waals surface area contributed by atoms with Gasteiger partial charge in [-0.2, -0.15) is 0 Å². The Balaban J connectivity index is 1.70. The molecular weight excluding hydrogens is 304 g/mol. The van der Waals surface area contributed by atoms with E-state index in [0.717, 1.165) is 23.4 Å². The number of carbonyl (C=O) groups excluding carboxylic acids is 1. The maximum Gasteiger partial charge on any atom is 0.306 e. The fraction of sp³-hybridized carbons (Fsp3) is 0.684. The number of aromatic nitrogens is 1. The normalized spacial score (nSPS) is 24.9. The van der Waals surface area contributed by atoms with Crippen LogP contribution in [0.2, 0.25) is 0 Å². The van der Waals surface area contributed by atoms with Crippen molar-refractivity contribution in [1.82, 2.24) is 9.88 Å². The lowest BCUT2D eigenvalue weighted by Crippen LogP contribution is -2.33. The van der Waals surface area contributed by atoms with Crippen molar-refractivity contribution in [3.63, 3.8) is 0 Å². The third kappa shape index (κ3) is 3.35. The van der Waals surface area contributed by atoms with Crippen molar-refractivity contribution < 1.29 is 14.7 Å². The van der Waals surface area contributed by atoms with Gasteiger partial charge in [0, 0.05) is 23.5 Å². The fourth-order valence-corrected chi connectivity index (χ4v) is 4.51. The first-order chi connectivity index (χ1) is 11.5. The first kappa shape index (κ1) is 17.1. The first-order valence-corrected chi connectivity index (χ1v) is 9.19. The molecule has 0 radical (unpaired) electrons. The molecule has 2 aliphatic carbocycles. The van der Waals surface area contributed by atoms with E-state index >= 15 is 0 Å². The highest BCUT2D eigenvalue weighted by Gasteiger charge is 2.31. The Morgan fingerprint density at radius 1 is 1.12 bits per heavy atom. The summed E-state index contributed by atoms with van der Waals surface area (Å²) in [5.41, 5.74) is 2.95. The van der Waals surface area contributed by atoms with E-state index < -0.39 is 5.97 Å². The van der Waals surface area contributed by atoms with Crippen molar-refractivity contribution in [3.05, 3.63) is 23.0 Å². The molecule has 2 atom stereocenters. The van der Waals surface area contributed by atoms with Crippen LogP contribution in [-0.2, 0) is 4.79 Å². The summed E-state index contributed by atoms with van der Waals surface area (Å²) in [7, 11) is 0. The molecule has 0 saturated heterocycles. The van der Waals surface area contributed by atoms with Gasteiger partial charge in [-0.15, -0.1) is 0 Å². The second-order valence-electron chi connectivity index (χ2n) is 7.47. The molecule has 24 heavy (non-hydrogen) atoms. The van der Waals surface area contributed by atoms with Crippen LogP contribution in [0.1, 0.15) is 79.2 Å². The predicted molar refractivity (Wildman–Crippen MR) is 92.3 cm³/mol. The summed E-state index contributed by atoms with van der Waals surface area (Å²) in [6.45, 7) is 4.11. The highest BCUT2D eigenvalue weighted by molar-refractivity contribution is 5.96. The molecule has 1 aromatic rings. The van der Waals surface area contributed by atoms with Gasteiger partial charge in [0.15, 0.2) is 0 Å². The number of aryl methyl sites for hydroxylation is 1.